The molecule has 0 aliphatic heterocycles. The lowest BCUT2D eigenvalue weighted by atomic mass is 10.0. The van der Waals surface area contributed by atoms with Crippen LogP contribution in [0.5, 0.6) is 0 Å². The predicted octanol–water partition coefficient (Wildman–Crippen LogP) is 3.00. The average molecular weight is 355 g/mol. The number of nitrogens with zero attached hydrogens (tertiary/aromatic N) is 1. The second kappa shape index (κ2) is 18.6. The quantitative estimate of drug-likeness (QED) is 0.356. The number of hydrogen-bond acceptors (Lipinski definition) is 1. The van der Waals surface area contributed by atoms with Crippen molar-refractivity contribution in [1.82, 2.24) is 0 Å². The first-order valence-electron chi connectivity index (χ1n) is 10.1. The van der Waals surface area contributed by atoms with Gasteiger partial charge >= 0.3 is 0 Å². The fourth-order valence-electron chi connectivity index (χ4n) is 3.03. The summed E-state index contributed by atoms with van der Waals surface area (Å²) in [5, 5.41) is 0. The fraction of sp³-hybridized carbons (Fsp3) is 0.762. The highest BCUT2D eigenvalue weighted by Gasteiger charge is 1.96. The minimum atomic E-state index is 0. The molecule has 140 valence electrons. The summed E-state index contributed by atoms with van der Waals surface area (Å²) in [5.41, 5.74) is 3.40. The number of aromatic nitrogens is 1. The zero-order valence-electron chi connectivity index (χ0n) is 15.8. The van der Waals surface area contributed by atoms with E-state index in [1.807, 2.05) is 10.7 Å². The van der Waals surface area contributed by atoms with E-state index in [0.717, 1.165) is 6.54 Å². The summed E-state index contributed by atoms with van der Waals surface area (Å²) in [4.78, 5) is 0. The van der Waals surface area contributed by atoms with Gasteiger partial charge in [-0.1, -0.05) is 101 Å². The summed E-state index contributed by atoms with van der Waals surface area (Å²) in [6.07, 6.45) is 24.0. The summed E-state index contributed by atoms with van der Waals surface area (Å²) in [6, 6.07) is 6.15. The van der Waals surface area contributed by atoms with Gasteiger partial charge < -0.3 is 12.4 Å². The lowest BCUT2D eigenvalue weighted by Gasteiger charge is -2.03. The first kappa shape index (κ1) is 23.2. The minimum Gasteiger partial charge on any atom is -1.00 e. The fourth-order valence-corrected chi connectivity index (χ4v) is 3.03. The van der Waals surface area contributed by atoms with Gasteiger partial charge in [-0.05, 0) is 6.42 Å². The average Bonchev–Trinajstić information content (AvgIpc) is 2.59. The van der Waals surface area contributed by atoms with Crippen LogP contribution in [0.25, 0.3) is 0 Å². The monoisotopic (exact) mass is 354 g/mol. The molecule has 2 nitrogen and oxygen atoms in total. The number of nitrogens with one attached hydrogen (secondary N) is 1. The van der Waals surface area contributed by atoms with Gasteiger partial charge in [-0.15, -0.1) is 0 Å². The SMILES string of the molecule is CCCCCCCCCCCCCCCCN[n+]1ccccc1.[Cl-]. The van der Waals surface area contributed by atoms with Crippen LogP contribution in [0, 0.1) is 0 Å². The smallest absolute Gasteiger partial charge is 0.199 e. The summed E-state index contributed by atoms with van der Waals surface area (Å²) < 4.78 is 2.04. The van der Waals surface area contributed by atoms with Crippen LogP contribution in [-0.4, -0.2) is 6.54 Å². The molecule has 0 spiro atoms. The molecule has 0 aliphatic rings. The van der Waals surface area contributed by atoms with Gasteiger partial charge in [0.15, 0.2) is 12.4 Å². The standard InChI is InChI=1S/C21H39N2.ClH/c1-2-3-4-5-6-7-8-9-10-11-12-13-14-16-19-22-23-20-17-15-18-21-23;/h15,17-18,20-22H,2-14,16,19H2,1H3;1H/q+1;/p-1. The van der Waals surface area contributed by atoms with E-state index in [2.05, 4.69) is 36.9 Å². The maximum Gasteiger partial charge on any atom is 0.199 e. The number of hydrogen-bond donors (Lipinski definition) is 1. The molecule has 0 atom stereocenters. The Hall–Kier alpha value is -0.760. The third-order valence-electron chi connectivity index (χ3n) is 4.54. The molecule has 0 amide bonds. The van der Waals surface area contributed by atoms with Gasteiger partial charge in [0.2, 0.25) is 0 Å². The number of pyridine rings is 1. The Morgan fingerprint density at radius 2 is 1.00 bits per heavy atom. The Kier molecular flexibility index (Phi) is 18.0. The largest absolute Gasteiger partial charge is 1.00 e. The summed E-state index contributed by atoms with van der Waals surface area (Å²) >= 11 is 0. The van der Waals surface area contributed by atoms with Crippen LogP contribution < -0.4 is 22.5 Å². The van der Waals surface area contributed by atoms with E-state index < -0.39 is 0 Å². The number of unbranched alkanes of at least 4 members (excludes halogenated alkanes) is 13. The van der Waals surface area contributed by atoms with E-state index >= 15 is 0 Å². The molecule has 1 N–H and O–H groups in total. The van der Waals surface area contributed by atoms with E-state index in [9.17, 15) is 0 Å². The van der Waals surface area contributed by atoms with Gasteiger partial charge in [-0.2, -0.15) is 5.43 Å². The van der Waals surface area contributed by atoms with Gasteiger partial charge in [0, 0.05) is 12.1 Å². The van der Waals surface area contributed by atoms with E-state index in [1.54, 1.807) is 0 Å². The molecule has 0 saturated carbocycles. The molecule has 0 fully saturated rings. The van der Waals surface area contributed by atoms with E-state index in [0.29, 0.717) is 0 Å². The van der Waals surface area contributed by atoms with Crippen LogP contribution >= 0.6 is 0 Å². The molecule has 0 bridgehead atoms. The van der Waals surface area contributed by atoms with E-state index in [-0.39, 0.29) is 12.4 Å². The molecule has 1 aromatic heterocycles. The molecule has 3 heteroatoms. The molecule has 0 aromatic carbocycles. The molecule has 1 heterocycles. The maximum atomic E-state index is 3.40. The first-order chi connectivity index (χ1) is 11.4. The Balaban J connectivity index is 0.00000529. The maximum absolute atomic E-state index is 3.40. The van der Waals surface area contributed by atoms with Crippen molar-refractivity contribution in [2.75, 3.05) is 12.0 Å². The Bertz CT molecular complexity index is 343. The lowest BCUT2D eigenvalue weighted by Crippen LogP contribution is -3.00. The Morgan fingerprint density at radius 1 is 0.583 bits per heavy atom. The highest BCUT2D eigenvalue weighted by Crippen LogP contribution is 2.12. The zero-order chi connectivity index (χ0) is 16.4. The minimum absolute atomic E-state index is 0. The van der Waals surface area contributed by atoms with Crippen LogP contribution in [0.1, 0.15) is 96.8 Å². The number of halogens is 1. The lowest BCUT2D eigenvalue weighted by molar-refractivity contribution is -0.650. The van der Waals surface area contributed by atoms with Gasteiger partial charge in [0.05, 0.1) is 6.54 Å². The molecule has 1 aromatic rings. The third kappa shape index (κ3) is 14.8. The van der Waals surface area contributed by atoms with Crippen LogP contribution in [0.3, 0.4) is 0 Å². The molecule has 0 unspecified atom stereocenters. The van der Waals surface area contributed by atoms with Crippen molar-refractivity contribution in [3.8, 4) is 0 Å². The van der Waals surface area contributed by atoms with Gasteiger partial charge in [0.1, 0.15) is 0 Å². The van der Waals surface area contributed by atoms with Crippen molar-refractivity contribution >= 4 is 0 Å². The van der Waals surface area contributed by atoms with Crippen LogP contribution in [-0.2, 0) is 0 Å². The highest BCUT2D eigenvalue weighted by molar-refractivity contribution is 4.84. The number of rotatable bonds is 16. The molecule has 24 heavy (non-hydrogen) atoms. The van der Waals surface area contributed by atoms with Crippen molar-refractivity contribution < 1.29 is 17.1 Å². The molecule has 0 saturated heterocycles. The van der Waals surface area contributed by atoms with E-state index in [1.165, 1.54) is 89.9 Å². The van der Waals surface area contributed by atoms with Gasteiger partial charge in [-0.25, -0.2) is 0 Å². The molecular formula is C21H39ClN2. The molecule has 0 aliphatic carbocycles. The third-order valence-corrected chi connectivity index (χ3v) is 4.54. The van der Waals surface area contributed by atoms with Crippen molar-refractivity contribution in [3.63, 3.8) is 0 Å². The Morgan fingerprint density at radius 3 is 1.46 bits per heavy atom. The molecular weight excluding hydrogens is 316 g/mol. The zero-order valence-corrected chi connectivity index (χ0v) is 16.6. The summed E-state index contributed by atoms with van der Waals surface area (Å²) in [5.74, 6) is 0. The molecule has 0 radical (unpaired) electrons. The van der Waals surface area contributed by atoms with Crippen LogP contribution in [0.2, 0.25) is 0 Å². The molecule has 1 rings (SSSR count). The normalized spacial score (nSPS) is 10.4. The summed E-state index contributed by atoms with van der Waals surface area (Å²) in [7, 11) is 0. The van der Waals surface area contributed by atoms with Crippen LogP contribution in [0.4, 0.5) is 0 Å². The highest BCUT2D eigenvalue weighted by atomic mass is 35.5. The van der Waals surface area contributed by atoms with Crippen molar-refractivity contribution in [3.05, 3.63) is 30.6 Å². The van der Waals surface area contributed by atoms with Crippen molar-refractivity contribution in [1.29, 1.82) is 0 Å². The Labute approximate surface area is 156 Å². The van der Waals surface area contributed by atoms with Crippen molar-refractivity contribution in [2.45, 2.75) is 96.8 Å². The van der Waals surface area contributed by atoms with Gasteiger partial charge in [-0.3, -0.25) is 0 Å². The first-order valence-corrected chi connectivity index (χ1v) is 10.1. The van der Waals surface area contributed by atoms with Gasteiger partial charge in [0.25, 0.3) is 0 Å². The second-order valence-corrected chi connectivity index (χ2v) is 6.79. The summed E-state index contributed by atoms with van der Waals surface area (Å²) in [6.45, 7) is 3.37. The van der Waals surface area contributed by atoms with Crippen LogP contribution in [0.15, 0.2) is 30.6 Å². The van der Waals surface area contributed by atoms with E-state index in [4.69, 9.17) is 0 Å². The predicted molar refractivity (Wildman–Crippen MR) is 101 cm³/mol. The van der Waals surface area contributed by atoms with Crippen molar-refractivity contribution in [2.24, 2.45) is 0 Å². The second-order valence-electron chi connectivity index (χ2n) is 6.79. The topological polar surface area (TPSA) is 15.9 Å².